The van der Waals surface area contributed by atoms with Crippen LogP contribution in [0.3, 0.4) is 0 Å². The Kier molecular flexibility index (Phi) is 3.68. The molecule has 1 atom stereocenters. The number of aryl methyl sites for hydroxylation is 1. The average molecular weight is 219 g/mol. The molecule has 0 saturated carbocycles. The van der Waals surface area contributed by atoms with Gasteiger partial charge in [0.15, 0.2) is 0 Å². The number of halogens is 3. The molecule has 0 aliphatic rings. The molecule has 0 aromatic carbocycles. The summed E-state index contributed by atoms with van der Waals surface area (Å²) in [5.74, 6) is 0. The Bertz CT molecular complexity index is 307. The van der Waals surface area contributed by atoms with Gasteiger partial charge in [-0.2, -0.15) is 13.2 Å². The van der Waals surface area contributed by atoms with E-state index in [1.54, 1.807) is 19.1 Å². The summed E-state index contributed by atoms with van der Waals surface area (Å²) in [6, 6.07) is 3.25. The highest BCUT2D eigenvalue weighted by molar-refractivity contribution is 5.15. The second-order valence-electron chi connectivity index (χ2n) is 3.40. The van der Waals surface area contributed by atoms with Crippen molar-refractivity contribution in [2.45, 2.75) is 32.0 Å². The van der Waals surface area contributed by atoms with Gasteiger partial charge in [-0.25, -0.2) is 0 Å². The van der Waals surface area contributed by atoms with E-state index in [-0.39, 0.29) is 6.42 Å². The van der Waals surface area contributed by atoms with Crippen molar-refractivity contribution >= 4 is 0 Å². The molecule has 1 rings (SSSR count). The molecule has 0 saturated heterocycles. The lowest BCUT2D eigenvalue weighted by Crippen LogP contribution is -2.10. The van der Waals surface area contributed by atoms with E-state index in [0.717, 1.165) is 5.69 Å². The molecule has 1 aromatic rings. The molecule has 0 radical (unpaired) electrons. The fraction of sp³-hybridized carbons (Fsp3) is 0.500. The Morgan fingerprint density at radius 1 is 1.40 bits per heavy atom. The van der Waals surface area contributed by atoms with Crippen LogP contribution in [-0.4, -0.2) is 16.3 Å². The summed E-state index contributed by atoms with van der Waals surface area (Å²) < 4.78 is 35.6. The number of hydrogen-bond donors (Lipinski definition) is 1. The first kappa shape index (κ1) is 12.0. The van der Waals surface area contributed by atoms with Crippen LogP contribution >= 0.6 is 0 Å². The second-order valence-corrected chi connectivity index (χ2v) is 3.40. The van der Waals surface area contributed by atoms with E-state index in [9.17, 15) is 18.3 Å². The third-order valence-electron chi connectivity index (χ3n) is 2.02. The summed E-state index contributed by atoms with van der Waals surface area (Å²) in [6.45, 7) is 1.77. The molecule has 0 spiro atoms. The number of aliphatic hydroxyl groups is 1. The maximum absolute atomic E-state index is 11.9. The number of aliphatic hydroxyl groups excluding tert-OH is 1. The van der Waals surface area contributed by atoms with E-state index >= 15 is 0 Å². The molecule has 0 fully saturated rings. The van der Waals surface area contributed by atoms with Gasteiger partial charge >= 0.3 is 6.18 Å². The average Bonchev–Trinajstić information content (AvgIpc) is 2.14. The first-order valence-electron chi connectivity index (χ1n) is 4.56. The van der Waals surface area contributed by atoms with Gasteiger partial charge in [-0.1, -0.05) is 6.07 Å². The van der Waals surface area contributed by atoms with Gasteiger partial charge in [0, 0.05) is 18.3 Å². The van der Waals surface area contributed by atoms with E-state index in [1.807, 2.05) is 0 Å². The van der Waals surface area contributed by atoms with Crippen molar-refractivity contribution in [1.29, 1.82) is 0 Å². The fourth-order valence-corrected chi connectivity index (χ4v) is 1.14. The number of aromatic nitrogens is 1. The summed E-state index contributed by atoms with van der Waals surface area (Å²) in [4.78, 5) is 3.90. The SMILES string of the molecule is Cc1ccc(C(O)CCC(F)(F)F)cn1. The molecule has 1 N–H and O–H groups in total. The smallest absolute Gasteiger partial charge is 0.388 e. The number of nitrogens with zero attached hydrogens (tertiary/aromatic N) is 1. The molecule has 2 nitrogen and oxygen atoms in total. The fourth-order valence-electron chi connectivity index (χ4n) is 1.14. The standard InChI is InChI=1S/C10H12F3NO/c1-7-2-3-8(6-14-7)9(15)4-5-10(11,12)13/h2-3,6,9,15H,4-5H2,1H3. The molecule has 5 heteroatoms. The third kappa shape index (κ3) is 4.29. The van der Waals surface area contributed by atoms with Crippen molar-refractivity contribution in [3.05, 3.63) is 29.6 Å². The number of pyridine rings is 1. The summed E-state index contributed by atoms with van der Waals surface area (Å²) in [6.07, 6.45) is -5.23. The number of alkyl halides is 3. The van der Waals surface area contributed by atoms with Crippen LogP contribution in [0, 0.1) is 6.92 Å². The Labute approximate surface area is 85.8 Å². The van der Waals surface area contributed by atoms with Gasteiger partial charge in [-0.3, -0.25) is 4.98 Å². The largest absolute Gasteiger partial charge is 0.389 e. The molecular formula is C10H12F3NO. The summed E-state index contributed by atoms with van der Waals surface area (Å²) >= 11 is 0. The molecule has 0 aliphatic heterocycles. The molecule has 15 heavy (non-hydrogen) atoms. The molecule has 1 unspecified atom stereocenters. The zero-order chi connectivity index (χ0) is 11.5. The van der Waals surface area contributed by atoms with Crippen molar-refractivity contribution in [3.8, 4) is 0 Å². The van der Waals surface area contributed by atoms with Gasteiger partial charge in [0.2, 0.25) is 0 Å². The van der Waals surface area contributed by atoms with Crippen molar-refractivity contribution in [1.82, 2.24) is 4.98 Å². The topological polar surface area (TPSA) is 33.1 Å². The van der Waals surface area contributed by atoms with Crippen LogP contribution in [0.25, 0.3) is 0 Å². The van der Waals surface area contributed by atoms with Crippen LogP contribution in [0.4, 0.5) is 13.2 Å². The van der Waals surface area contributed by atoms with E-state index in [0.29, 0.717) is 5.56 Å². The maximum atomic E-state index is 11.9. The third-order valence-corrected chi connectivity index (χ3v) is 2.02. The van der Waals surface area contributed by atoms with Crippen LogP contribution < -0.4 is 0 Å². The maximum Gasteiger partial charge on any atom is 0.389 e. The van der Waals surface area contributed by atoms with Crippen molar-refractivity contribution in [3.63, 3.8) is 0 Å². The highest BCUT2D eigenvalue weighted by atomic mass is 19.4. The molecule has 84 valence electrons. The first-order valence-corrected chi connectivity index (χ1v) is 4.56. The van der Waals surface area contributed by atoms with Gasteiger partial charge in [-0.05, 0) is 25.0 Å². The van der Waals surface area contributed by atoms with Crippen LogP contribution in [0.5, 0.6) is 0 Å². The Morgan fingerprint density at radius 2 is 2.07 bits per heavy atom. The Balaban J connectivity index is 2.54. The van der Waals surface area contributed by atoms with Crippen LogP contribution in [0.1, 0.15) is 30.2 Å². The summed E-state index contributed by atoms with van der Waals surface area (Å²) in [7, 11) is 0. The number of hydrogen-bond acceptors (Lipinski definition) is 2. The molecule has 1 heterocycles. The van der Waals surface area contributed by atoms with Crippen LogP contribution in [0.15, 0.2) is 18.3 Å². The number of rotatable bonds is 3. The first-order chi connectivity index (χ1) is 6.88. The minimum atomic E-state index is -4.22. The highest BCUT2D eigenvalue weighted by Crippen LogP contribution is 2.27. The lowest BCUT2D eigenvalue weighted by molar-refractivity contribution is -0.140. The van der Waals surface area contributed by atoms with Crippen molar-refractivity contribution in [2.75, 3.05) is 0 Å². The lowest BCUT2D eigenvalue weighted by atomic mass is 10.1. The van der Waals surface area contributed by atoms with Crippen molar-refractivity contribution in [2.24, 2.45) is 0 Å². The quantitative estimate of drug-likeness (QED) is 0.847. The molecule has 0 bridgehead atoms. The predicted molar refractivity (Wildman–Crippen MR) is 49.2 cm³/mol. The minimum Gasteiger partial charge on any atom is -0.388 e. The van der Waals surface area contributed by atoms with E-state index in [1.165, 1.54) is 6.20 Å². The molecule has 0 amide bonds. The molecule has 1 aromatic heterocycles. The van der Waals surface area contributed by atoms with E-state index in [2.05, 4.69) is 4.98 Å². The van der Waals surface area contributed by atoms with Gasteiger partial charge in [0.25, 0.3) is 0 Å². The highest BCUT2D eigenvalue weighted by Gasteiger charge is 2.28. The predicted octanol–water partition coefficient (Wildman–Crippen LogP) is 2.77. The normalized spacial score (nSPS) is 13.9. The Hall–Kier alpha value is -1.10. The summed E-state index contributed by atoms with van der Waals surface area (Å²) in [5.41, 5.74) is 1.19. The van der Waals surface area contributed by atoms with Gasteiger partial charge in [0.1, 0.15) is 0 Å². The van der Waals surface area contributed by atoms with Crippen LogP contribution in [0.2, 0.25) is 0 Å². The van der Waals surface area contributed by atoms with Gasteiger partial charge in [0.05, 0.1) is 6.10 Å². The zero-order valence-electron chi connectivity index (χ0n) is 8.25. The zero-order valence-corrected chi connectivity index (χ0v) is 8.25. The molecular weight excluding hydrogens is 207 g/mol. The van der Waals surface area contributed by atoms with Gasteiger partial charge in [-0.15, -0.1) is 0 Å². The molecule has 0 aliphatic carbocycles. The Morgan fingerprint density at radius 3 is 2.53 bits per heavy atom. The van der Waals surface area contributed by atoms with Crippen LogP contribution in [-0.2, 0) is 0 Å². The second kappa shape index (κ2) is 4.61. The van der Waals surface area contributed by atoms with Gasteiger partial charge < -0.3 is 5.11 Å². The van der Waals surface area contributed by atoms with E-state index in [4.69, 9.17) is 0 Å². The monoisotopic (exact) mass is 219 g/mol. The summed E-state index contributed by atoms with van der Waals surface area (Å²) in [5, 5.41) is 9.43. The van der Waals surface area contributed by atoms with Crippen molar-refractivity contribution < 1.29 is 18.3 Å². The van der Waals surface area contributed by atoms with E-state index < -0.39 is 18.7 Å². The lowest BCUT2D eigenvalue weighted by Gasteiger charge is -2.12. The minimum absolute atomic E-state index is 0.325.